The third-order valence-corrected chi connectivity index (χ3v) is 5.60. The molecule has 1 aromatic heterocycles. The topological polar surface area (TPSA) is 65.0 Å². The number of nitrogens with two attached hydrogens (primary N) is 1. The average molecular weight is 431 g/mol. The van der Waals surface area contributed by atoms with E-state index in [1.165, 1.54) is 0 Å². The summed E-state index contributed by atoms with van der Waals surface area (Å²) in [5.74, 6) is 1.41. The molecule has 6 nitrogen and oxygen atoms in total. The summed E-state index contributed by atoms with van der Waals surface area (Å²) in [5.41, 5.74) is 9.67. The van der Waals surface area contributed by atoms with Gasteiger partial charge in [0.15, 0.2) is 0 Å². The largest absolute Gasteiger partial charge is 0.495 e. The fraction of sp³-hybridized carbons (Fsp3) is 0.190. The van der Waals surface area contributed by atoms with E-state index in [0.29, 0.717) is 39.6 Å². The van der Waals surface area contributed by atoms with E-state index < -0.39 is 0 Å². The van der Waals surface area contributed by atoms with Crippen molar-refractivity contribution in [3.8, 4) is 11.5 Å². The number of anilines is 2. The maximum Gasteiger partial charge on any atom is 0.146 e. The SMILES string of the molecule is COc1cc(OC)c(Cl)c(N2CN=C(N)c3c2ccn3Cc2ccccc2)c1Cl. The second kappa shape index (κ2) is 7.89. The van der Waals surface area contributed by atoms with Gasteiger partial charge in [0, 0.05) is 18.8 Å². The second-order valence-corrected chi connectivity index (χ2v) is 7.29. The molecule has 8 heteroatoms. The molecule has 0 saturated heterocycles. The molecule has 0 unspecified atom stereocenters. The van der Waals surface area contributed by atoms with Crippen LogP contribution in [0.4, 0.5) is 11.4 Å². The summed E-state index contributed by atoms with van der Waals surface area (Å²) in [6.45, 7) is 0.951. The fourth-order valence-corrected chi connectivity index (χ4v) is 4.17. The number of amidine groups is 1. The van der Waals surface area contributed by atoms with Gasteiger partial charge in [-0.05, 0) is 11.6 Å². The summed E-state index contributed by atoms with van der Waals surface area (Å²) in [7, 11) is 3.10. The Balaban J connectivity index is 1.83. The summed E-state index contributed by atoms with van der Waals surface area (Å²) in [4.78, 5) is 6.42. The van der Waals surface area contributed by atoms with Crippen molar-refractivity contribution in [1.82, 2.24) is 4.57 Å². The predicted octanol–water partition coefficient (Wildman–Crippen LogP) is 4.67. The quantitative estimate of drug-likeness (QED) is 0.638. The van der Waals surface area contributed by atoms with Crippen LogP contribution < -0.4 is 20.1 Å². The third-order valence-electron chi connectivity index (χ3n) is 4.87. The van der Waals surface area contributed by atoms with Gasteiger partial charge in [0.25, 0.3) is 0 Å². The Bertz CT molecular complexity index is 1050. The Morgan fingerprint density at radius 3 is 2.31 bits per heavy atom. The Kier molecular flexibility index (Phi) is 5.30. The van der Waals surface area contributed by atoms with Crippen molar-refractivity contribution in [3.05, 3.63) is 70.0 Å². The summed E-state index contributed by atoms with van der Waals surface area (Å²) in [5, 5.41) is 0.770. The molecule has 2 N–H and O–H groups in total. The smallest absolute Gasteiger partial charge is 0.146 e. The van der Waals surface area contributed by atoms with Crippen LogP contribution in [0, 0.1) is 0 Å². The molecule has 0 fully saturated rings. The molecule has 29 heavy (non-hydrogen) atoms. The van der Waals surface area contributed by atoms with E-state index in [1.807, 2.05) is 35.4 Å². The second-order valence-electron chi connectivity index (χ2n) is 6.53. The minimum Gasteiger partial charge on any atom is -0.495 e. The van der Waals surface area contributed by atoms with Crippen molar-refractivity contribution >= 4 is 40.4 Å². The summed E-state index contributed by atoms with van der Waals surface area (Å²) < 4.78 is 12.9. The molecule has 1 aliphatic rings. The van der Waals surface area contributed by atoms with Gasteiger partial charge in [-0.25, -0.2) is 4.99 Å². The molecule has 0 aliphatic carbocycles. The molecular weight excluding hydrogens is 411 g/mol. The van der Waals surface area contributed by atoms with E-state index in [2.05, 4.69) is 21.7 Å². The number of aliphatic imine (C=N–C) groups is 1. The number of hydrogen-bond donors (Lipinski definition) is 1. The summed E-state index contributed by atoms with van der Waals surface area (Å²) in [6.07, 6.45) is 1.98. The molecule has 150 valence electrons. The molecule has 0 radical (unpaired) electrons. The van der Waals surface area contributed by atoms with Crippen LogP contribution in [-0.2, 0) is 6.54 Å². The zero-order chi connectivity index (χ0) is 20.5. The van der Waals surface area contributed by atoms with E-state index in [0.717, 1.165) is 16.9 Å². The maximum absolute atomic E-state index is 6.62. The van der Waals surface area contributed by atoms with Crippen LogP contribution in [-0.4, -0.2) is 31.3 Å². The van der Waals surface area contributed by atoms with Crippen LogP contribution in [0.5, 0.6) is 11.5 Å². The van der Waals surface area contributed by atoms with Crippen LogP contribution >= 0.6 is 23.2 Å². The van der Waals surface area contributed by atoms with Crippen molar-refractivity contribution in [2.45, 2.75) is 6.54 Å². The van der Waals surface area contributed by atoms with Crippen LogP contribution in [0.15, 0.2) is 53.7 Å². The molecule has 3 aromatic rings. The van der Waals surface area contributed by atoms with E-state index in [1.54, 1.807) is 20.3 Å². The Labute approximate surface area is 179 Å². The van der Waals surface area contributed by atoms with Crippen molar-refractivity contribution in [3.63, 3.8) is 0 Å². The van der Waals surface area contributed by atoms with Gasteiger partial charge in [0.05, 0.1) is 25.6 Å². The van der Waals surface area contributed by atoms with Crippen molar-refractivity contribution in [1.29, 1.82) is 0 Å². The Morgan fingerprint density at radius 2 is 1.69 bits per heavy atom. The minimum atomic E-state index is 0.282. The van der Waals surface area contributed by atoms with Gasteiger partial charge in [-0.2, -0.15) is 0 Å². The highest BCUT2D eigenvalue weighted by atomic mass is 35.5. The first-order valence-corrected chi connectivity index (χ1v) is 9.71. The number of hydrogen-bond acceptors (Lipinski definition) is 5. The maximum atomic E-state index is 6.62. The monoisotopic (exact) mass is 430 g/mol. The number of nitrogens with zero attached hydrogens (tertiary/aromatic N) is 3. The molecular formula is C21H20Cl2N4O2. The molecule has 0 bridgehead atoms. The third kappa shape index (κ3) is 3.39. The van der Waals surface area contributed by atoms with Crippen molar-refractivity contribution in [2.75, 3.05) is 25.8 Å². The van der Waals surface area contributed by atoms with E-state index in [-0.39, 0.29) is 6.67 Å². The van der Waals surface area contributed by atoms with E-state index in [4.69, 9.17) is 38.4 Å². The molecule has 0 saturated carbocycles. The number of halogens is 2. The highest BCUT2D eigenvalue weighted by molar-refractivity contribution is 6.41. The highest BCUT2D eigenvalue weighted by Crippen LogP contribution is 2.49. The number of ether oxygens (including phenoxy) is 2. The van der Waals surface area contributed by atoms with Gasteiger partial charge in [0.1, 0.15) is 39.7 Å². The summed E-state index contributed by atoms with van der Waals surface area (Å²) >= 11 is 13.2. The van der Waals surface area contributed by atoms with E-state index in [9.17, 15) is 0 Å². The number of rotatable bonds is 5. The first-order chi connectivity index (χ1) is 14.0. The zero-order valence-electron chi connectivity index (χ0n) is 16.0. The highest BCUT2D eigenvalue weighted by Gasteiger charge is 2.29. The Morgan fingerprint density at radius 1 is 1.03 bits per heavy atom. The van der Waals surface area contributed by atoms with Gasteiger partial charge < -0.3 is 24.7 Å². The van der Waals surface area contributed by atoms with Crippen LogP contribution in [0.3, 0.4) is 0 Å². The van der Waals surface area contributed by atoms with Gasteiger partial charge in [0.2, 0.25) is 0 Å². The summed E-state index contributed by atoms with van der Waals surface area (Å²) in [6, 6.07) is 13.8. The standard InChI is InChI=1S/C21H20Cl2N4O2/c1-28-15-10-16(29-2)18(23)20(17(15)22)27-12-25-21(24)19-14(27)8-9-26(19)11-13-6-4-3-5-7-13/h3-10H,11-12H2,1-2H3,(H2,24,25). The predicted molar refractivity (Wildman–Crippen MR) is 117 cm³/mol. The minimum absolute atomic E-state index is 0.282. The number of aromatic nitrogens is 1. The van der Waals surface area contributed by atoms with E-state index >= 15 is 0 Å². The lowest BCUT2D eigenvalue weighted by atomic mass is 10.2. The van der Waals surface area contributed by atoms with Gasteiger partial charge in [-0.3, -0.25) is 0 Å². The van der Waals surface area contributed by atoms with Crippen molar-refractivity contribution in [2.24, 2.45) is 10.7 Å². The number of methoxy groups -OCH3 is 2. The first kappa shape index (κ1) is 19.5. The fourth-order valence-electron chi connectivity index (χ4n) is 3.47. The van der Waals surface area contributed by atoms with Crippen LogP contribution in [0.1, 0.15) is 11.3 Å². The molecule has 4 rings (SSSR count). The first-order valence-electron chi connectivity index (χ1n) is 8.96. The molecule has 2 heterocycles. The Hall–Kier alpha value is -2.83. The molecule has 0 atom stereocenters. The van der Waals surface area contributed by atoms with Gasteiger partial charge in [-0.1, -0.05) is 53.5 Å². The lowest BCUT2D eigenvalue weighted by Gasteiger charge is -2.30. The lowest BCUT2D eigenvalue weighted by molar-refractivity contribution is 0.395. The molecule has 0 spiro atoms. The number of benzene rings is 2. The lowest BCUT2D eigenvalue weighted by Crippen LogP contribution is -2.31. The molecule has 1 aliphatic heterocycles. The van der Waals surface area contributed by atoms with Crippen LogP contribution in [0.2, 0.25) is 10.0 Å². The zero-order valence-corrected chi connectivity index (χ0v) is 17.5. The molecule has 0 amide bonds. The number of fused-ring (bicyclic) bond motifs is 1. The van der Waals surface area contributed by atoms with Crippen molar-refractivity contribution < 1.29 is 9.47 Å². The van der Waals surface area contributed by atoms with Crippen LogP contribution in [0.25, 0.3) is 0 Å². The van der Waals surface area contributed by atoms with Gasteiger partial charge >= 0.3 is 0 Å². The van der Waals surface area contributed by atoms with Gasteiger partial charge in [-0.15, -0.1) is 0 Å². The normalized spacial score (nSPS) is 13.1. The average Bonchev–Trinajstić information content (AvgIpc) is 3.15. The molecule has 2 aromatic carbocycles.